The summed E-state index contributed by atoms with van der Waals surface area (Å²) in [5.74, 6) is 1.13. The molecule has 0 radical (unpaired) electrons. The topological polar surface area (TPSA) is 56.2 Å². The number of hydrogen-bond donors (Lipinski definition) is 1. The number of aryl methyl sites for hydroxylation is 1. The minimum Gasteiger partial charge on any atom is -0.492 e. The number of rotatable bonds is 8. The molecule has 0 saturated heterocycles. The largest absolute Gasteiger partial charge is 0.492 e. The smallest absolute Gasteiger partial charge is 0.230 e. The summed E-state index contributed by atoms with van der Waals surface area (Å²) in [4.78, 5) is 16.6. The molecule has 130 valence electrons. The lowest BCUT2D eigenvalue weighted by molar-refractivity contribution is -0.118. The van der Waals surface area contributed by atoms with Gasteiger partial charge >= 0.3 is 0 Å². The number of hydrogen-bond acceptors (Lipinski definition) is 4. The number of benzene rings is 2. The average Bonchev–Trinajstić information content (AvgIpc) is 3.02. The highest BCUT2D eigenvalue weighted by atomic mass is 32.2. The van der Waals surface area contributed by atoms with Crippen molar-refractivity contribution in [3.63, 3.8) is 0 Å². The predicted molar refractivity (Wildman–Crippen MR) is 101 cm³/mol. The number of nitrogens with one attached hydrogen (secondary N) is 1. The first-order chi connectivity index (χ1) is 12.3. The Bertz CT molecular complexity index is 833. The molecule has 0 unspecified atom stereocenters. The molecule has 6 heteroatoms. The SMILES string of the molecule is CCn1c(SCC(=O)NCCOc2ccccc2)nc2ccccc21. The van der Waals surface area contributed by atoms with Crippen LogP contribution in [0, 0.1) is 0 Å². The van der Waals surface area contributed by atoms with Gasteiger partial charge in [-0.25, -0.2) is 4.98 Å². The molecule has 5 nitrogen and oxygen atoms in total. The van der Waals surface area contributed by atoms with Gasteiger partial charge in [0.05, 0.1) is 23.3 Å². The van der Waals surface area contributed by atoms with Gasteiger partial charge in [-0.05, 0) is 31.2 Å². The minimum atomic E-state index is -0.0172. The van der Waals surface area contributed by atoms with Crippen molar-refractivity contribution in [1.82, 2.24) is 14.9 Å². The van der Waals surface area contributed by atoms with Gasteiger partial charge in [0.1, 0.15) is 12.4 Å². The number of carbonyl (C=O) groups excluding carboxylic acids is 1. The molecule has 0 atom stereocenters. The van der Waals surface area contributed by atoms with E-state index in [1.165, 1.54) is 11.8 Å². The molecule has 0 spiro atoms. The molecule has 3 rings (SSSR count). The van der Waals surface area contributed by atoms with Gasteiger partial charge in [0.15, 0.2) is 5.16 Å². The summed E-state index contributed by atoms with van der Waals surface area (Å²) < 4.78 is 7.69. The van der Waals surface area contributed by atoms with Crippen LogP contribution in [0.25, 0.3) is 11.0 Å². The highest BCUT2D eigenvalue weighted by Gasteiger charge is 2.11. The van der Waals surface area contributed by atoms with Crippen molar-refractivity contribution in [2.24, 2.45) is 0 Å². The fraction of sp³-hybridized carbons (Fsp3) is 0.263. The van der Waals surface area contributed by atoms with E-state index in [0.29, 0.717) is 18.9 Å². The number of para-hydroxylation sites is 3. The highest BCUT2D eigenvalue weighted by Crippen LogP contribution is 2.23. The Hall–Kier alpha value is -2.47. The number of carbonyl (C=O) groups is 1. The normalized spacial score (nSPS) is 10.8. The molecule has 3 aromatic rings. The third-order valence-electron chi connectivity index (χ3n) is 3.70. The van der Waals surface area contributed by atoms with Crippen LogP contribution in [-0.2, 0) is 11.3 Å². The fourth-order valence-corrected chi connectivity index (χ4v) is 3.43. The zero-order valence-electron chi connectivity index (χ0n) is 14.1. The van der Waals surface area contributed by atoms with Crippen LogP contribution in [0.2, 0.25) is 0 Å². The lowest BCUT2D eigenvalue weighted by atomic mass is 10.3. The molecule has 0 fully saturated rings. The van der Waals surface area contributed by atoms with Gasteiger partial charge in [-0.2, -0.15) is 0 Å². The second-order valence-electron chi connectivity index (χ2n) is 5.43. The summed E-state index contributed by atoms with van der Waals surface area (Å²) in [5, 5.41) is 3.75. The molecule has 1 N–H and O–H groups in total. The average molecular weight is 355 g/mol. The number of aromatic nitrogens is 2. The molecule has 25 heavy (non-hydrogen) atoms. The number of fused-ring (bicyclic) bond motifs is 1. The predicted octanol–water partition coefficient (Wildman–Crippen LogP) is 3.34. The van der Waals surface area contributed by atoms with E-state index in [-0.39, 0.29) is 5.91 Å². The van der Waals surface area contributed by atoms with Gasteiger partial charge < -0.3 is 14.6 Å². The minimum absolute atomic E-state index is 0.0172. The van der Waals surface area contributed by atoms with Crippen molar-refractivity contribution in [1.29, 1.82) is 0 Å². The summed E-state index contributed by atoms with van der Waals surface area (Å²) >= 11 is 1.46. The number of ether oxygens (including phenoxy) is 1. The summed E-state index contributed by atoms with van der Waals surface area (Å²) in [6, 6.07) is 17.6. The zero-order chi connectivity index (χ0) is 17.5. The maximum atomic E-state index is 12.0. The van der Waals surface area contributed by atoms with Crippen molar-refractivity contribution in [2.75, 3.05) is 18.9 Å². The zero-order valence-corrected chi connectivity index (χ0v) is 15.0. The molecule has 0 aliphatic carbocycles. The van der Waals surface area contributed by atoms with Crippen LogP contribution >= 0.6 is 11.8 Å². The second kappa shape index (κ2) is 8.58. The van der Waals surface area contributed by atoms with Gasteiger partial charge in [0.2, 0.25) is 5.91 Å². The summed E-state index contributed by atoms with van der Waals surface area (Å²) in [6.07, 6.45) is 0. The summed E-state index contributed by atoms with van der Waals surface area (Å²) in [6.45, 7) is 3.85. The number of imidazole rings is 1. The quantitative estimate of drug-likeness (QED) is 0.497. The molecule has 1 aromatic heterocycles. The molecule has 0 saturated carbocycles. The van der Waals surface area contributed by atoms with Crippen LogP contribution in [0.5, 0.6) is 5.75 Å². The number of amides is 1. The maximum Gasteiger partial charge on any atom is 0.230 e. The molecular weight excluding hydrogens is 334 g/mol. The molecule has 1 amide bonds. The third-order valence-corrected chi connectivity index (χ3v) is 4.68. The van der Waals surface area contributed by atoms with Gasteiger partial charge in [-0.3, -0.25) is 4.79 Å². The van der Waals surface area contributed by atoms with E-state index < -0.39 is 0 Å². The van der Waals surface area contributed by atoms with Crippen molar-refractivity contribution >= 4 is 28.7 Å². The van der Waals surface area contributed by atoms with E-state index in [1.807, 2.05) is 48.5 Å². The van der Waals surface area contributed by atoms with E-state index in [9.17, 15) is 4.79 Å². The van der Waals surface area contributed by atoms with Crippen molar-refractivity contribution in [3.8, 4) is 5.75 Å². The number of thioether (sulfide) groups is 1. The summed E-state index contributed by atoms with van der Waals surface area (Å²) in [7, 11) is 0. The first-order valence-electron chi connectivity index (χ1n) is 8.30. The van der Waals surface area contributed by atoms with E-state index in [4.69, 9.17) is 4.74 Å². The van der Waals surface area contributed by atoms with Gasteiger partial charge in [0.25, 0.3) is 0 Å². The molecule has 0 aliphatic rings. The highest BCUT2D eigenvalue weighted by molar-refractivity contribution is 7.99. The van der Waals surface area contributed by atoms with E-state index >= 15 is 0 Å². The Labute approximate surface area is 151 Å². The van der Waals surface area contributed by atoms with Crippen LogP contribution in [0.1, 0.15) is 6.92 Å². The van der Waals surface area contributed by atoms with Crippen molar-refractivity contribution in [3.05, 3.63) is 54.6 Å². The van der Waals surface area contributed by atoms with Crippen LogP contribution in [0.15, 0.2) is 59.8 Å². The van der Waals surface area contributed by atoms with Crippen LogP contribution in [-0.4, -0.2) is 34.4 Å². The lowest BCUT2D eigenvalue weighted by Crippen LogP contribution is -2.29. The van der Waals surface area contributed by atoms with E-state index in [1.54, 1.807) is 0 Å². The van der Waals surface area contributed by atoms with Crippen molar-refractivity contribution < 1.29 is 9.53 Å². The van der Waals surface area contributed by atoms with Gasteiger partial charge in [0, 0.05) is 6.54 Å². The first kappa shape index (κ1) is 17.4. The Morgan fingerprint density at radius 3 is 2.72 bits per heavy atom. The Kier molecular flexibility index (Phi) is 5.95. The Morgan fingerprint density at radius 1 is 1.16 bits per heavy atom. The van der Waals surface area contributed by atoms with Crippen molar-refractivity contribution in [2.45, 2.75) is 18.6 Å². The van der Waals surface area contributed by atoms with Gasteiger partial charge in [-0.15, -0.1) is 0 Å². The van der Waals surface area contributed by atoms with Crippen LogP contribution in [0.3, 0.4) is 0 Å². The molecule has 0 bridgehead atoms. The standard InChI is InChI=1S/C19H21N3O2S/c1-2-22-17-11-7-6-10-16(17)21-19(22)25-14-18(23)20-12-13-24-15-8-4-3-5-9-15/h3-11H,2,12-14H2,1H3,(H,20,23). The van der Waals surface area contributed by atoms with E-state index in [0.717, 1.165) is 28.5 Å². The van der Waals surface area contributed by atoms with Gasteiger partial charge in [-0.1, -0.05) is 42.1 Å². The van der Waals surface area contributed by atoms with E-state index in [2.05, 4.69) is 27.9 Å². The fourth-order valence-electron chi connectivity index (χ4n) is 2.53. The second-order valence-corrected chi connectivity index (χ2v) is 6.37. The third kappa shape index (κ3) is 4.54. The lowest BCUT2D eigenvalue weighted by Gasteiger charge is -2.08. The Balaban J connectivity index is 1.46. The maximum absolute atomic E-state index is 12.0. The molecular formula is C19H21N3O2S. The van der Waals surface area contributed by atoms with Crippen LogP contribution < -0.4 is 10.1 Å². The first-order valence-corrected chi connectivity index (χ1v) is 9.29. The monoisotopic (exact) mass is 355 g/mol. The molecule has 2 aromatic carbocycles. The number of nitrogens with zero attached hydrogens (tertiary/aromatic N) is 2. The molecule has 0 aliphatic heterocycles. The molecule has 1 heterocycles. The summed E-state index contributed by atoms with van der Waals surface area (Å²) in [5.41, 5.74) is 2.06. The Morgan fingerprint density at radius 2 is 1.92 bits per heavy atom. The van der Waals surface area contributed by atoms with Crippen LogP contribution in [0.4, 0.5) is 0 Å².